The molecule has 0 unspecified atom stereocenters. The van der Waals surface area contributed by atoms with Crippen molar-refractivity contribution in [1.29, 1.82) is 0 Å². The highest BCUT2D eigenvalue weighted by molar-refractivity contribution is 5.95. The van der Waals surface area contributed by atoms with E-state index in [4.69, 9.17) is 0 Å². The van der Waals surface area contributed by atoms with Crippen LogP contribution in [0.2, 0.25) is 0 Å². The van der Waals surface area contributed by atoms with E-state index in [1.165, 1.54) is 6.20 Å². The van der Waals surface area contributed by atoms with Crippen molar-refractivity contribution in [1.82, 2.24) is 19.6 Å². The van der Waals surface area contributed by atoms with E-state index in [-0.39, 0.29) is 5.91 Å². The summed E-state index contributed by atoms with van der Waals surface area (Å²) in [6.07, 6.45) is 1.85. The predicted octanol–water partition coefficient (Wildman–Crippen LogP) is 2.39. The molecule has 2 heterocycles. The van der Waals surface area contributed by atoms with E-state index in [0.29, 0.717) is 47.6 Å². The molecule has 1 saturated heterocycles. The van der Waals surface area contributed by atoms with Gasteiger partial charge in [-0.2, -0.15) is 13.9 Å². The average Bonchev–Trinajstić information content (AvgIpc) is 3.17. The van der Waals surface area contributed by atoms with Crippen molar-refractivity contribution in [2.75, 3.05) is 33.7 Å². The van der Waals surface area contributed by atoms with Gasteiger partial charge in [0.1, 0.15) is 0 Å². The van der Waals surface area contributed by atoms with Gasteiger partial charge >= 0.3 is 6.55 Å². The lowest BCUT2D eigenvalue weighted by Gasteiger charge is -2.26. The van der Waals surface area contributed by atoms with Gasteiger partial charge in [0.2, 0.25) is 0 Å². The first-order valence-corrected chi connectivity index (χ1v) is 8.79. The van der Waals surface area contributed by atoms with Crippen molar-refractivity contribution < 1.29 is 18.7 Å². The molecule has 1 aromatic heterocycles. The minimum absolute atomic E-state index is 0.142. The Kier molecular flexibility index (Phi) is 5.30. The van der Waals surface area contributed by atoms with E-state index in [0.717, 1.165) is 5.56 Å². The zero-order chi connectivity index (χ0) is 19.8. The van der Waals surface area contributed by atoms with Gasteiger partial charge in [-0.15, -0.1) is 0 Å². The Labute approximate surface area is 157 Å². The van der Waals surface area contributed by atoms with Crippen molar-refractivity contribution >= 4 is 5.91 Å². The van der Waals surface area contributed by atoms with Crippen LogP contribution in [0.1, 0.15) is 29.0 Å². The normalized spacial score (nSPS) is 20.1. The molecular weight excluding hydrogens is 354 g/mol. The second-order valence-electron chi connectivity index (χ2n) is 7.40. The van der Waals surface area contributed by atoms with E-state index in [9.17, 15) is 18.7 Å². The third-order valence-electron chi connectivity index (χ3n) is 4.79. The number of β-amino-alcohol motifs (C(OH)–C–C–N with tert-alkyl or cyclic N) is 1. The van der Waals surface area contributed by atoms with Gasteiger partial charge in [-0.1, -0.05) is 12.1 Å². The van der Waals surface area contributed by atoms with Crippen molar-refractivity contribution in [3.05, 3.63) is 41.7 Å². The van der Waals surface area contributed by atoms with Crippen LogP contribution >= 0.6 is 0 Å². The Morgan fingerprint density at radius 1 is 1.33 bits per heavy atom. The number of hydrogen-bond donors (Lipinski definition) is 1. The molecule has 0 saturated carbocycles. The molecule has 1 aromatic carbocycles. The van der Waals surface area contributed by atoms with Crippen LogP contribution < -0.4 is 0 Å². The van der Waals surface area contributed by atoms with Crippen LogP contribution in [-0.4, -0.2) is 69.9 Å². The van der Waals surface area contributed by atoms with Crippen LogP contribution in [-0.2, 0) is 0 Å². The lowest BCUT2D eigenvalue weighted by Crippen LogP contribution is -2.43. The molecule has 1 amide bonds. The summed E-state index contributed by atoms with van der Waals surface area (Å²) >= 11 is 0. The SMILES string of the molecule is Cc1nn(C(F)F)cc1-c1ccc(C(=O)N2CC[C@@](O)(CN(C)C)C2)cc1. The van der Waals surface area contributed by atoms with E-state index < -0.39 is 12.2 Å². The summed E-state index contributed by atoms with van der Waals surface area (Å²) in [4.78, 5) is 16.3. The van der Waals surface area contributed by atoms with Crippen molar-refractivity contribution in [3.8, 4) is 11.1 Å². The molecule has 1 fully saturated rings. The Bertz CT molecular complexity index is 820. The van der Waals surface area contributed by atoms with Crippen LogP contribution in [0.4, 0.5) is 8.78 Å². The standard InChI is InChI=1S/C19H24F2N4O2/c1-13-16(10-25(22-13)18(20)21)14-4-6-15(7-5-14)17(26)24-9-8-19(27,12-24)11-23(2)3/h4-7,10,18,27H,8-9,11-12H2,1-3H3/t19-/m1/s1. The maximum absolute atomic E-state index is 12.8. The van der Waals surface area contributed by atoms with E-state index in [1.54, 1.807) is 36.1 Å². The van der Waals surface area contributed by atoms with E-state index in [2.05, 4.69) is 5.10 Å². The van der Waals surface area contributed by atoms with Gasteiger partial charge in [-0.3, -0.25) is 4.79 Å². The molecule has 1 N–H and O–H groups in total. The van der Waals surface area contributed by atoms with Gasteiger partial charge in [0.05, 0.1) is 17.8 Å². The Morgan fingerprint density at radius 2 is 2.00 bits per heavy atom. The molecule has 146 valence electrons. The number of likely N-dealkylation sites (tertiary alicyclic amines) is 1. The van der Waals surface area contributed by atoms with Gasteiger partial charge in [0.25, 0.3) is 5.91 Å². The van der Waals surface area contributed by atoms with Crippen LogP contribution in [0.15, 0.2) is 30.5 Å². The number of carbonyl (C=O) groups excluding carboxylic acids is 1. The highest BCUT2D eigenvalue weighted by Gasteiger charge is 2.38. The highest BCUT2D eigenvalue weighted by atomic mass is 19.3. The van der Waals surface area contributed by atoms with Gasteiger partial charge in [-0.25, -0.2) is 4.68 Å². The number of halogens is 2. The minimum Gasteiger partial charge on any atom is -0.387 e. The number of rotatable bonds is 5. The summed E-state index contributed by atoms with van der Waals surface area (Å²) < 4.78 is 26.2. The maximum atomic E-state index is 12.8. The van der Waals surface area contributed by atoms with Crippen LogP contribution in [0.25, 0.3) is 11.1 Å². The molecule has 1 aliphatic heterocycles. The second kappa shape index (κ2) is 7.36. The number of amides is 1. The molecule has 0 bridgehead atoms. The number of nitrogens with zero attached hydrogens (tertiary/aromatic N) is 4. The van der Waals surface area contributed by atoms with E-state index >= 15 is 0 Å². The molecule has 1 aliphatic rings. The number of hydrogen-bond acceptors (Lipinski definition) is 4. The average molecular weight is 378 g/mol. The number of aliphatic hydroxyl groups is 1. The molecule has 6 nitrogen and oxygen atoms in total. The van der Waals surface area contributed by atoms with Gasteiger partial charge in [-0.05, 0) is 45.1 Å². The molecular formula is C19H24F2N4O2. The van der Waals surface area contributed by atoms with Gasteiger partial charge in [0.15, 0.2) is 0 Å². The molecule has 1 atom stereocenters. The molecule has 3 rings (SSSR count). The zero-order valence-corrected chi connectivity index (χ0v) is 15.7. The number of likely N-dealkylation sites (N-methyl/N-ethyl adjacent to an activating group) is 1. The Morgan fingerprint density at radius 3 is 2.56 bits per heavy atom. The first-order chi connectivity index (χ1) is 12.7. The summed E-state index contributed by atoms with van der Waals surface area (Å²) in [5.74, 6) is -0.142. The summed E-state index contributed by atoms with van der Waals surface area (Å²) in [6, 6.07) is 6.82. The third kappa shape index (κ3) is 4.17. The lowest BCUT2D eigenvalue weighted by molar-refractivity contribution is 0.0236. The van der Waals surface area contributed by atoms with Crippen molar-refractivity contribution in [3.63, 3.8) is 0 Å². The summed E-state index contributed by atoms with van der Waals surface area (Å²) in [6.45, 7) is 0.290. The zero-order valence-electron chi connectivity index (χ0n) is 15.7. The molecule has 0 radical (unpaired) electrons. The van der Waals surface area contributed by atoms with Crippen LogP contribution in [0.5, 0.6) is 0 Å². The Hall–Kier alpha value is -2.32. The number of aryl methyl sites for hydroxylation is 1. The fraction of sp³-hybridized carbons (Fsp3) is 0.474. The summed E-state index contributed by atoms with van der Waals surface area (Å²) in [5, 5.41) is 14.4. The fourth-order valence-corrected chi connectivity index (χ4v) is 3.59. The predicted molar refractivity (Wildman–Crippen MR) is 97.7 cm³/mol. The Balaban J connectivity index is 1.73. The number of aromatic nitrogens is 2. The smallest absolute Gasteiger partial charge is 0.333 e. The highest BCUT2D eigenvalue weighted by Crippen LogP contribution is 2.27. The molecule has 27 heavy (non-hydrogen) atoms. The molecule has 8 heteroatoms. The number of carbonyl (C=O) groups is 1. The van der Waals surface area contributed by atoms with Crippen molar-refractivity contribution in [2.45, 2.75) is 25.5 Å². The third-order valence-corrected chi connectivity index (χ3v) is 4.79. The summed E-state index contributed by atoms with van der Waals surface area (Å²) in [5.41, 5.74) is 1.45. The number of alkyl halides is 2. The molecule has 2 aromatic rings. The number of benzene rings is 1. The fourth-order valence-electron chi connectivity index (χ4n) is 3.59. The first kappa shape index (κ1) is 19.4. The monoisotopic (exact) mass is 378 g/mol. The summed E-state index contributed by atoms with van der Waals surface area (Å²) in [7, 11) is 3.78. The lowest BCUT2D eigenvalue weighted by atomic mass is 10.0. The molecule has 0 spiro atoms. The van der Waals surface area contributed by atoms with E-state index in [1.807, 2.05) is 19.0 Å². The van der Waals surface area contributed by atoms with Gasteiger partial charge in [0, 0.05) is 30.4 Å². The first-order valence-electron chi connectivity index (χ1n) is 8.79. The topological polar surface area (TPSA) is 61.6 Å². The van der Waals surface area contributed by atoms with Crippen LogP contribution in [0.3, 0.4) is 0 Å². The van der Waals surface area contributed by atoms with Crippen LogP contribution in [0, 0.1) is 6.92 Å². The van der Waals surface area contributed by atoms with Gasteiger partial charge < -0.3 is 14.9 Å². The van der Waals surface area contributed by atoms with Crippen molar-refractivity contribution in [2.24, 2.45) is 0 Å². The maximum Gasteiger partial charge on any atom is 0.333 e. The quantitative estimate of drug-likeness (QED) is 0.868. The molecule has 0 aliphatic carbocycles. The largest absolute Gasteiger partial charge is 0.387 e. The second-order valence-corrected chi connectivity index (χ2v) is 7.40. The minimum atomic E-state index is -2.69.